The van der Waals surface area contributed by atoms with Crippen molar-refractivity contribution in [3.8, 4) is 11.5 Å². The van der Waals surface area contributed by atoms with Gasteiger partial charge in [-0.3, -0.25) is 9.78 Å². The number of methoxy groups -OCH3 is 2. The number of ketones is 1. The summed E-state index contributed by atoms with van der Waals surface area (Å²) in [6.07, 6.45) is 2.36. The van der Waals surface area contributed by atoms with Crippen molar-refractivity contribution in [3.05, 3.63) is 53.6 Å². The van der Waals surface area contributed by atoms with Crippen LogP contribution in [0, 0.1) is 5.82 Å². The zero-order chi connectivity index (χ0) is 13.8. The molecule has 0 N–H and O–H groups in total. The van der Waals surface area contributed by atoms with Crippen molar-refractivity contribution < 1.29 is 18.7 Å². The van der Waals surface area contributed by atoms with Crippen LogP contribution < -0.4 is 9.47 Å². The van der Waals surface area contributed by atoms with Gasteiger partial charge in [0.25, 0.3) is 0 Å². The molecular formula is C14H12FNO3. The molecule has 0 saturated carbocycles. The number of benzene rings is 1. The molecule has 1 aromatic heterocycles. The number of carbonyl (C=O) groups excluding carboxylic acids is 1. The maximum Gasteiger partial charge on any atom is 0.198 e. The maximum absolute atomic E-state index is 13.1. The molecule has 0 aliphatic heterocycles. The van der Waals surface area contributed by atoms with Crippen LogP contribution in [-0.2, 0) is 0 Å². The van der Waals surface area contributed by atoms with E-state index in [0.717, 1.165) is 12.3 Å². The van der Waals surface area contributed by atoms with Gasteiger partial charge in [-0.15, -0.1) is 0 Å². The van der Waals surface area contributed by atoms with E-state index < -0.39 is 5.82 Å². The highest BCUT2D eigenvalue weighted by Crippen LogP contribution is 2.26. The first kappa shape index (κ1) is 13.0. The van der Waals surface area contributed by atoms with E-state index in [4.69, 9.17) is 9.47 Å². The zero-order valence-electron chi connectivity index (χ0n) is 10.5. The number of hydrogen-bond acceptors (Lipinski definition) is 4. The number of halogens is 1. The summed E-state index contributed by atoms with van der Waals surface area (Å²) in [5.41, 5.74) is 0.499. The summed E-state index contributed by atoms with van der Waals surface area (Å²) in [4.78, 5) is 15.9. The van der Waals surface area contributed by atoms with E-state index in [1.165, 1.54) is 20.4 Å². The van der Waals surface area contributed by atoms with Gasteiger partial charge < -0.3 is 9.47 Å². The lowest BCUT2D eigenvalue weighted by molar-refractivity contribution is 0.103. The summed E-state index contributed by atoms with van der Waals surface area (Å²) in [7, 11) is 2.97. The van der Waals surface area contributed by atoms with E-state index in [0.29, 0.717) is 17.1 Å². The Hall–Kier alpha value is -2.43. The molecule has 2 rings (SSSR count). The Labute approximate surface area is 109 Å². The summed E-state index contributed by atoms with van der Waals surface area (Å²) in [6, 6.07) is 5.95. The number of rotatable bonds is 4. The summed E-state index contributed by atoms with van der Waals surface area (Å²) >= 11 is 0. The molecular weight excluding hydrogens is 249 g/mol. The largest absolute Gasteiger partial charge is 0.497 e. The van der Waals surface area contributed by atoms with E-state index in [1.54, 1.807) is 18.2 Å². The van der Waals surface area contributed by atoms with Crippen LogP contribution in [0.1, 0.15) is 15.9 Å². The molecule has 2 aromatic rings. The van der Waals surface area contributed by atoms with Crippen molar-refractivity contribution in [2.24, 2.45) is 0 Å². The number of ether oxygens (including phenoxy) is 2. The predicted molar refractivity (Wildman–Crippen MR) is 67.2 cm³/mol. The zero-order valence-corrected chi connectivity index (χ0v) is 10.5. The topological polar surface area (TPSA) is 48.4 Å². The molecule has 1 heterocycles. The Morgan fingerprint density at radius 1 is 1.16 bits per heavy atom. The molecule has 19 heavy (non-hydrogen) atoms. The average molecular weight is 261 g/mol. The Bertz CT molecular complexity index is 613. The summed E-state index contributed by atoms with van der Waals surface area (Å²) in [5.74, 6) is 0.0317. The quantitative estimate of drug-likeness (QED) is 0.793. The lowest BCUT2D eigenvalue weighted by Crippen LogP contribution is -2.05. The van der Waals surface area contributed by atoms with Gasteiger partial charge in [0.15, 0.2) is 5.78 Å². The SMILES string of the molecule is COc1ccc(C(=O)c2cncc(F)c2)c(OC)c1. The van der Waals surface area contributed by atoms with Crippen LogP contribution in [0.3, 0.4) is 0 Å². The van der Waals surface area contributed by atoms with Crippen molar-refractivity contribution in [2.45, 2.75) is 0 Å². The average Bonchev–Trinajstić information content (AvgIpc) is 2.45. The van der Waals surface area contributed by atoms with Gasteiger partial charge in [-0.1, -0.05) is 0 Å². The molecule has 0 aliphatic rings. The Kier molecular flexibility index (Phi) is 3.75. The van der Waals surface area contributed by atoms with Crippen LogP contribution in [0.2, 0.25) is 0 Å². The van der Waals surface area contributed by atoms with Gasteiger partial charge in [0.05, 0.1) is 26.0 Å². The van der Waals surface area contributed by atoms with E-state index in [2.05, 4.69) is 4.98 Å². The Morgan fingerprint density at radius 3 is 2.58 bits per heavy atom. The number of nitrogens with zero attached hydrogens (tertiary/aromatic N) is 1. The second-order valence-corrected chi connectivity index (χ2v) is 3.79. The molecule has 0 saturated heterocycles. The monoisotopic (exact) mass is 261 g/mol. The summed E-state index contributed by atoms with van der Waals surface area (Å²) in [5, 5.41) is 0. The van der Waals surface area contributed by atoms with Crippen molar-refractivity contribution in [1.82, 2.24) is 4.98 Å². The van der Waals surface area contributed by atoms with Crippen molar-refractivity contribution in [2.75, 3.05) is 14.2 Å². The standard InChI is InChI=1S/C14H12FNO3/c1-18-11-3-4-12(13(6-11)19-2)14(17)9-5-10(15)8-16-7-9/h3-8H,1-2H3. The second kappa shape index (κ2) is 5.48. The third kappa shape index (κ3) is 2.70. The first-order valence-corrected chi connectivity index (χ1v) is 5.53. The minimum absolute atomic E-state index is 0.170. The maximum atomic E-state index is 13.1. The van der Waals surface area contributed by atoms with Gasteiger partial charge in [-0.25, -0.2) is 4.39 Å². The molecule has 98 valence electrons. The third-order valence-corrected chi connectivity index (χ3v) is 2.62. The normalized spacial score (nSPS) is 10.1. The smallest absolute Gasteiger partial charge is 0.198 e. The molecule has 4 nitrogen and oxygen atoms in total. The van der Waals surface area contributed by atoms with Gasteiger partial charge in [0, 0.05) is 17.8 Å². The van der Waals surface area contributed by atoms with Crippen LogP contribution >= 0.6 is 0 Å². The number of hydrogen-bond donors (Lipinski definition) is 0. The van der Waals surface area contributed by atoms with Gasteiger partial charge >= 0.3 is 0 Å². The van der Waals surface area contributed by atoms with Crippen LogP contribution in [0.4, 0.5) is 4.39 Å². The molecule has 0 bridgehead atoms. The second-order valence-electron chi connectivity index (χ2n) is 3.79. The van der Waals surface area contributed by atoms with Crippen LogP contribution in [0.25, 0.3) is 0 Å². The first-order chi connectivity index (χ1) is 9.15. The van der Waals surface area contributed by atoms with Crippen molar-refractivity contribution in [1.29, 1.82) is 0 Å². The fraction of sp³-hybridized carbons (Fsp3) is 0.143. The summed E-state index contributed by atoms with van der Waals surface area (Å²) < 4.78 is 23.3. The number of carbonyl (C=O) groups is 1. The molecule has 0 unspecified atom stereocenters. The highest BCUT2D eigenvalue weighted by molar-refractivity contribution is 6.10. The highest BCUT2D eigenvalue weighted by atomic mass is 19.1. The Balaban J connectivity index is 2.44. The lowest BCUT2D eigenvalue weighted by Gasteiger charge is -2.09. The minimum Gasteiger partial charge on any atom is -0.497 e. The van der Waals surface area contributed by atoms with Crippen molar-refractivity contribution >= 4 is 5.78 Å². The van der Waals surface area contributed by atoms with Crippen molar-refractivity contribution in [3.63, 3.8) is 0 Å². The molecule has 0 atom stereocenters. The number of pyridine rings is 1. The highest BCUT2D eigenvalue weighted by Gasteiger charge is 2.16. The molecule has 1 aromatic carbocycles. The third-order valence-electron chi connectivity index (χ3n) is 2.62. The van der Waals surface area contributed by atoms with Crippen LogP contribution in [0.15, 0.2) is 36.7 Å². The number of aromatic nitrogens is 1. The van der Waals surface area contributed by atoms with Gasteiger partial charge in [-0.2, -0.15) is 0 Å². The minimum atomic E-state index is -0.557. The predicted octanol–water partition coefficient (Wildman–Crippen LogP) is 2.47. The fourth-order valence-corrected chi connectivity index (χ4v) is 1.68. The molecule has 0 fully saturated rings. The van der Waals surface area contributed by atoms with Crippen LogP contribution in [-0.4, -0.2) is 25.0 Å². The molecule has 0 aliphatic carbocycles. The first-order valence-electron chi connectivity index (χ1n) is 5.53. The molecule has 0 radical (unpaired) electrons. The van der Waals surface area contributed by atoms with Gasteiger partial charge in [0.1, 0.15) is 17.3 Å². The molecule has 5 heteroatoms. The Morgan fingerprint density at radius 2 is 1.95 bits per heavy atom. The summed E-state index contributed by atoms with van der Waals surface area (Å²) in [6.45, 7) is 0. The molecule has 0 amide bonds. The lowest BCUT2D eigenvalue weighted by atomic mass is 10.0. The van der Waals surface area contributed by atoms with E-state index >= 15 is 0 Å². The van der Waals surface area contributed by atoms with E-state index in [1.807, 2.05) is 0 Å². The van der Waals surface area contributed by atoms with Gasteiger partial charge in [0.2, 0.25) is 0 Å². The fourth-order valence-electron chi connectivity index (χ4n) is 1.68. The van der Waals surface area contributed by atoms with E-state index in [-0.39, 0.29) is 11.3 Å². The molecule has 0 spiro atoms. The van der Waals surface area contributed by atoms with E-state index in [9.17, 15) is 9.18 Å². The van der Waals surface area contributed by atoms with Gasteiger partial charge in [-0.05, 0) is 18.2 Å². The van der Waals surface area contributed by atoms with Crippen LogP contribution in [0.5, 0.6) is 11.5 Å².